The highest BCUT2D eigenvalue weighted by molar-refractivity contribution is 5.75. The van der Waals surface area contributed by atoms with E-state index in [1.165, 1.54) is 6.42 Å². The zero-order chi connectivity index (χ0) is 14.9. The molecule has 2 amide bonds. The lowest BCUT2D eigenvalue weighted by Gasteiger charge is -2.36. The molecule has 1 aliphatic heterocycles. The van der Waals surface area contributed by atoms with E-state index in [9.17, 15) is 9.59 Å². The van der Waals surface area contributed by atoms with Crippen LogP contribution < -0.4 is 5.32 Å². The van der Waals surface area contributed by atoms with Crippen molar-refractivity contribution in [3.63, 3.8) is 0 Å². The van der Waals surface area contributed by atoms with Gasteiger partial charge in [-0.25, -0.2) is 4.79 Å². The average Bonchev–Trinajstić information content (AvgIpc) is 3.03. The molecule has 1 heterocycles. The third-order valence-electron chi connectivity index (χ3n) is 4.72. The van der Waals surface area contributed by atoms with Crippen molar-refractivity contribution in [1.29, 1.82) is 0 Å². The predicted molar refractivity (Wildman–Crippen MR) is 75.5 cm³/mol. The van der Waals surface area contributed by atoms with Crippen LogP contribution in [0.25, 0.3) is 0 Å². The molecule has 20 heavy (non-hydrogen) atoms. The molecule has 1 aliphatic carbocycles. The molecule has 0 aromatic heterocycles. The average molecular weight is 283 g/mol. The summed E-state index contributed by atoms with van der Waals surface area (Å²) in [5.74, 6) is -0.210. The Kier molecular flexibility index (Phi) is 4.22. The predicted octanol–water partition coefficient (Wildman–Crippen LogP) is 0.833. The van der Waals surface area contributed by atoms with Crippen molar-refractivity contribution in [3.8, 4) is 0 Å². The first-order valence-corrected chi connectivity index (χ1v) is 7.31. The van der Waals surface area contributed by atoms with Crippen molar-refractivity contribution in [2.45, 2.75) is 33.2 Å². The maximum absolute atomic E-state index is 12.0. The number of hydrogen-bond acceptors (Lipinski definition) is 3. The first kappa shape index (κ1) is 15.1. The second-order valence-electron chi connectivity index (χ2n) is 6.61. The van der Waals surface area contributed by atoms with Gasteiger partial charge in [0, 0.05) is 32.7 Å². The van der Waals surface area contributed by atoms with E-state index in [1.807, 2.05) is 4.90 Å². The van der Waals surface area contributed by atoms with E-state index >= 15 is 0 Å². The number of nitrogens with zero attached hydrogens (tertiary/aromatic N) is 2. The highest BCUT2D eigenvalue weighted by atomic mass is 16.4. The summed E-state index contributed by atoms with van der Waals surface area (Å²) >= 11 is 0. The molecule has 6 heteroatoms. The topological polar surface area (TPSA) is 72.9 Å². The van der Waals surface area contributed by atoms with Gasteiger partial charge in [0.15, 0.2) is 0 Å². The van der Waals surface area contributed by atoms with E-state index < -0.39 is 12.0 Å². The third-order valence-corrected chi connectivity index (χ3v) is 4.72. The summed E-state index contributed by atoms with van der Waals surface area (Å²) < 4.78 is 0. The van der Waals surface area contributed by atoms with Crippen LogP contribution in [-0.2, 0) is 4.79 Å². The summed E-state index contributed by atoms with van der Waals surface area (Å²) in [7, 11) is 0. The second-order valence-corrected chi connectivity index (χ2v) is 6.61. The fourth-order valence-corrected chi connectivity index (χ4v) is 2.72. The summed E-state index contributed by atoms with van der Waals surface area (Å²) in [5.41, 5.74) is 0.378. The SMILES string of the molecule is CC(C(=O)O)N1CCN(C(=O)NCC2CC2(C)C)CC1. The number of hydrogen-bond donors (Lipinski definition) is 2. The summed E-state index contributed by atoms with van der Waals surface area (Å²) in [6, 6.07) is -0.497. The number of piperazine rings is 1. The van der Waals surface area contributed by atoms with Crippen LogP contribution in [0.3, 0.4) is 0 Å². The van der Waals surface area contributed by atoms with Crippen molar-refractivity contribution in [3.05, 3.63) is 0 Å². The summed E-state index contributed by atoms with van der Waals surface area (Å²) in [6.45, 7) is 9.30. The zero-order valence-electron chi connectivity index (χ0n) is 12.6. The van der Waals surface area contributed by atoms with Gasteiger partial charge in [0.1, 0.15) is 6.04 Å². The Morgan fingerprint density at radius 2 is 1.85 bits per heavy atom. The van der Waals surface area contributed by atoms with Gasteiger partial charge in [-0.1, -0.05) is 13.8 Å². The van der Waals surface area contributed by atoms with E-state index in [-0.39, 0.29) is 6.03 Å². The number of aliphatic carboxylic acids is 1. The third kappa shape index (κ3) is 3.42. The van der Waals surface area contributed by atoms with Gasteiger partial charge >= 0.3 is 12.0 Å². The molecular weight excluding hydrogens is 258 g/mol. The molecule has 1 saturated heterocycles. The van der Waals surface area contributed by atoms with E-state index in [1.54, 1.807) is 11.8 Å². The van der Waals surface area contributed by atoms with Crippen molar-refractivity contribution < 1.29 is 14.7 Å². The first-order valence-electron chi connectivity index (χ1n) is 7.31. The molecule has 1 saturated carbocycles. The lowest BCUT2D eigenvalue weighted by molar-refractivity contribution is -0.143. The van der Waals surface area contributed by atoms with Crippen molar-refractivity contribution in [1.82, 2.24) is 15.1 Å². The van der Waals surface area contributed by atoms with Crippen LogP contribution in [0.5, 0.6) is 0 Å². The molecular formula is C14H25N3O3. The van der Waals surface area contributed by atoms with Crippen LogP contribution in [-0.4, -0.2) is 65.7 Å². The Labute approximate surface area is 120 Å². The fraction of sp³-hybridized carbons (Fsp3) is 0.857. The van der Waals surface area contributed by atoms with Gasteiger partial charge in [0.25, 0.3) is 0 Å². The van der Waals surface area contributed by atoms with Crippen LogP contribution >= 0.6 is 0 Å². The van der Waals surface area contributed by atoms with E-state index in [0.29, 0.717) is 37.5 Å². The van der Waals surface area contributed by atoms with Crippen molar-refractivity contribution >= 4 is 12.0 Å². The van der Waals surface area contributed by atoms with Gasteiger partial charge in [0.05, 0.1) is 0 Å². The van der Waals surface area contributed by atoms with E-state index in [4.69, 9.17) is 5.11 Å². The summed E-state index contributed by atoms with van der Waals surface area (Å²) in [6.07, 6.45) is 1.18. The van der Waals surface area contributed by atoms with Gasteiger partial charge in [-0.2, -0.15) is 0 Å². The highest BCUT2D eigenvalue weighted by Crippen LogP contribution is 2.50. The number of carboxylic acid groups (broad SMARTS) is 1. The Morgan fingerprint density at radius 3 is 2.30 bits per heavy atom. The lowest BCUT2D eigenvalue weighted by atomic mass is 10.1. The molecule has 2 N–H and O–H groups in total. The number of carbonyl (C=O) groups is 2. The lowest BCUT2D eigenvalue weighted by Crippen LogP contribution is -2.55. The smallest absolute Gasteiger partial charge is 0.320 e. The van der Waals surface area contributed by atoms with Crippen LogP contribution in [0.1, 0.15) is 27.2 Å². The monoisotopic (exact) mass is 283 g/mol. The van der Waals surface area contributed by atoms with E-state index in [2.05, 4.69) is 19.2 Å². The fourth-order valence-electron chi connectivity index (χ4n) is 2.72. The minimum atomic E-state index is -0.807. The molecule has 114 valence electrons. The first-order chi connectivity index (χ1) is 9.31. The molecule has 6 nitrogen and oxygen atoms in total. The number of nitrogens with one attached hydrogen (secondary N) is 1. The van der Waals surface area contributed by atoms with E-state index in [0.717, 1.165) is 6.54 Å². The number of carboxylic acids is 1. The van der Waals surface area contributed by atoms with Crippen molar-refractivity contribution in [2.75, 3.05) is 32.7 Å². The minimum Gasteiger partial charge on any atom is -0.480 e. The summed E-state index contributed by atoms with van der Waals surface area (Å²) in [4.78, 5) is 26.6. The maximum Gasteiger partial charge on any atom is 0.320 e. The van der Waals surface area contributed by atoms with Gasteiger partial charge in [-0.05, 0) is 24.7 Å². The minimum absolute atomic E-state index is 0.0182. The Bertz CT molecular complexity index is 389. The molecule has 0 bridgehead atoms. The number of urea groups is 1. The maximum atomic E-state index is 12.0. The molecule has 2 unspecified atom stereocenters. The molecule has 0 radical (unpaired) electrons. The molecule has 0 aromatic rings. The zero-order valence-corrected chi connectivity index (χ0v) is 12.6. The van der Waals surface area contributed by atoms with Crippen LogP contribution in [0.2, 0.25) is 0 Å². The van der Waals surface area contributed by atoms with Crippen LogP contribution in [0, 0.1) is 11.3 Å². The normalized spacial score (nSPS) is 26.9. The van der Waals surface area contributed by atoms with Crippen LogP contribution in [0.4, 0.5) is 4.79 Å². The largest absolute Gasteiger partial charge is 0.480 e. The van der Waals surface area contributed by atoms with Crippen molar-refractivity contribution in [2.24, 2.45) is 11.3 Å². The van der Waals surface area contributed by atoms with Crippen LogP contribution in [0.15, 0.2) is 0 Å². The Morgan fingerprint density at radius 1 is 1.30 bits per heavy atom. The standard InChI is InChI=1S/C14H25N3O3/c1-10(12(18)19)16-4-6-17(7-5-16)13(20)15-9-11-8-14(11,2)3/h10-11H,4-9H2,1-3H3,(H,15,20)(H,18,19). The number of rotatable bonds is 4. The van der Waals surface area contributed by atoms with Gasteiger partial charge in [-0.3, -0.25) is 9.69 Å². The molecule has 2 aliphatic rings. The summed E-state index contributed by atoms with van der Waals surface area (Å²) in [5, 5.41) is 12.0. The Hall–Kier alpha value is -1.30. The molecule has 2 atom stereocenters. The van der Waals surface area contributed by atoms with Gasteiger partial charge in [-0.15, -0.1) is 0 Å². The molecule has 0 spiro atoms. The molecule has 2 fully saturated rings. The van der Waals surface area contributed by atoms with Gasteiger partial charge in [0.2, 0.25) is 0 Å². The second kappa shape index (κ2) is 5.60. The number of carbonyl (C=O) groups excluding carboxylic acids is 1. The molecule has 0 aromatic carbocycles. The van der Waals surface area contributed by atoms with Gasteiger partial charge < -0.3 is 15.3 Å². The highest BCUT2D eigenvalue weighted by Gasteiger charge is 2.45. The Balaban J connectivity index is 1.70. The molecule has 2 rings (SSSR count). The number of amides is 2. The quantitative estimate of drug-likeness (QED) is 0.801.